The molecule has 0 unspecified atom stereocenters. The molecule has 10 heteroatoms. The largest absolute Gasteiger partial charge is 0.369 e. The molecule has 4 rings (SSSR count). The first-order valence-electron chi connectivity index (χ1n) is 14.9. The van der Waals surface area contributed by atoms with Crippen molar-refractivity contribution in [3.05, 3.63) is 42.1 Å². The van der Waals surface area contributed by atoms with Crippen LogP contribution in [0.15, 0.2) is 36.5 Å². The van der Waals surface area contributed by atoms with Crippen LogP contribution in [0, 0.1) is 11.5 Å². The number of benzene rings is 1. The molecular formula is C32H46N8OSi. The summed E-state index contributed by atoms with van der Waals surface area (Å²) in [5.74, 6) is 4.38. The number of nitrogens with one attached hydrogen (secondary N) is 2. The average molecular weight is 587 g/mol. The minimum Gasteiger partial charge on any atom is -0.369 e. The van der Waals surface area contributed by atoms with Crippen LogP contribution in [0.1, 0.15) is 47.1 Å². The third kappa shape index (κ3) is 6.85. The first kappa shape index (κ1) is 31.3. The quantitative estimate of drug-likeness (QED) is 0.252. The summed E-state index contributed by atoms with van der Waals surface area (Å²) >= 11 is 0. The third-order valence-electron chi connectivity index (χ3n) is 8.48. The van der Waals surface area contributed by atoms with Gasteiger partial charge < -0.3 is 20.0 Å². The highest BCUT2D eigenvalue weighted by Gasteiger charge is 2.41. The third-order valence-corrected chi connectivity index (χ3v) is 14.8. The fourth-order valence-corrected chi connectivity index (χ4v) is 11.2. The van der Waals surface area contributed by atoms with E-state index in [0.717, 1.165) is 42.8 Å². The summed E-state index contributed by atoms with van der Waals surface area (Å²) in [7, 11) is 3.58. The van der Waals surface area contributed by atoms with E-state index >= 15 is 0 Å². The number of pyridine rings is 1. The van der Waals surface area contributed by atoms with Crippen molar-refractivity contribution in [2.75, 3.05) is 62.9 Å². The van der Waals surface area contributed by atoms with E-state index < -0.39 is 8.07 Å². The Bertz CT molecular complexity index is 1430. The highest BCUT2D eigenvalue weighted by atomic mass is 28.3. The molecule has 1 fully saturated rings. The molecule has 0 saturated carbocycles. The minimum absolute atomic E-state index is 0.260. The Morgan fingerprint density at radius 3 is 2.14 bits per heavy atom. The zero-order chi connectivity index (χ0) is 30.6. The molecule has 0 aliphatic carbocycles. The van der Waals surface area contributed by atoms with Crippen LogP contribution in [-0.2, 0) is 0 Å². The molecule has 2 N–H and O–H groups in total. The first-order valence-corrected chi connectivity index (χ1v) is 17.1. The summed E-state index contributed by atoms with van der Waals surface area (Å²) in [5, 5.41) is 6.96. The zero-order valence-electron chi connectivity index (χ0n) is 26.6. The summed E-state index contributed by atoms with van der Waals surface area (Å²) in [5.41, 5.74) is 8.65. The maximum absolute atomic E-state index is 12.5. The van der Waals surface area contributed by atoms with E-state index in [1.165, 1.54) is 10.6 Å². The van der Waals surface area contributed by atoms with E-state index in [0.29, 0.717) is 34.0 Å². The number of anilines is 4. The van der Waals surface area contributed by atoms with Gasteiger partial charge in [-0.15, -0.1) is 5.54 Å². The van der Waals surface area contributed by atoms with Crippen LogP contribution in [0.3, 0.4) is 0 Å². The second-order valence-corrected chi connectivity index (χ2v) is 18.0. The summed E-state index contributed by atoms with van der Waals surface area (Å²) in [6.45, 7) is 18.0. The molecule has 1 aliphatic heterocycles. The number of aromatic nitrogens is 3. The number of carbonyl (C=O) groups excluding carboxylic acids is 1. The Morgan fingerprint density at radius 2 is 1.57 bits per heavy atom. The minimum atomic E-state index is -1.98. The lowest BCUT2D eigenvalue weighted by Gasteiger charge is -2.38. The van der Waals surface area contributed by atoms with Crippen molar-refractivity contribution in [2.24, 2.45) is 0 Å². The van der Waals surface area contributed by atoms with Crippen molar-refractivity contribution >= 4 is 48.3 Å². The van der Waals surface area contributed by atoms with Gasteiger partial charge in [0.15, 0.2) is 5.65 Å². The monoisotopic (exact) mass is 586 g/mol. The smallest absolute Gasteiger partial charge is 0.322 e. The average Bonchev–Trinajstić information content (AvgIpc) is 2.93. The molecule has 2 aromatic heterocycles. The molecule has 1 aliphatic rings. The maximum Gasteiger partial charge on any atom is 0.322 e. The standard InChI is InChI=1S/C32H46N8OSi/c1-22(2)42(23(3)4,24(5)6)19-14-25-20-29(36-32(41)38(7)8)35-30-28(25)21-33-31(37-30)34-26-10-12-27(13-11-26)40-17-15-39(9)16-18-40/h10-13,20-24H,15-18H2,1-9H3,(H2,33,34,35,36,37,41). The number of hydrogen-bond donors (Lipinski definition) is 2. The van der Waals surface area contributed by atoms with Gasteiger partial charge in [0.25, 0.3) is 0 Å². The van der Waals surface area contributed by atoms with Crippen LogP contribution in [0.5, 0.6) is 0 Å². The first-order chi connectivity index (χ1) is 19.9. The Hall–Kier alpha value is -3.68. The fourth-order valence-electron chi connectivity index (χ4n) is 6.02. The Labute approximate surface area is 252 Å². The van der Waals surface area contributed by atoms with E-state index in [4.69, 9.17) is 4.98 Å². The van der Waals surface area contributed by atoms with E-state index in [1.54, 1.807) is 20.3 Å². The van der Waals surface area contributed by atoms with Gasteiger partial charge in [0.1, 0.15) is 13.9 Å². The summed E-state index contributed by atoms with van der Waals surface area (Å²) in [6, 6.07) is 9.93. The Morgan fingerprint density at radius 1 is 0.952 bits per heavy atom. The van der Waals surface area contributed by atoms with Crippen LogP contribution in [-0.4, -0.2) is 86.2 Å². The second-order valence-electron chi connectivity index (χ2n) is 12.4. The fraction of sp³-hybridized carbons (Fsp3) is 0.500. The van der Waals surface area contributed by atoms with Crippen molar-refractivity contribution in [1.29, 1.82) is 0 Å². The van der Waals surface area contributed by atoms with Crippen molar-refractivity contribution < 1.29 is 4.79 Å². The number of amides is 2. The van der Waals surface area contributed by atoms with Crippen LogP contribution in [0.25, 0.3) is 11.0 Å². The molecule has 1 saturated heterocycles. The number of piperazine rings is 1. The van der Waals surface area contributed by atoms with E-state index in [-0.39, 0.29) is 6.03 Å². The molecule has 3 aromatic rings. The van der Waals surface area contributed by atoms with Gasteiger partial charge in [-0.2, -0.15) is 4.98 Å². The van der Waals surface area contributed by atoms with Gasteiger partial charge in [-0.3, -0.25) is 5.32 Å². The molecule has 9 nitrogen and oxygen atoms in total. The highest BCUT2D eigenvalue weighted by molar-refractivity contribution is 6.90. The van der Waals surface area contributed by atoms with Crippen molar-refractivity contribution in [3.8, 4) is 11.5 Å². The number of fused-ring (bicyclic) bond motifs is 1. The number of likely N-dealkylation sites (N-methyl/N-ethyl adjacent to an activating group) is 1. The van der Waals surface area contributed by atoms with Crippen LogP contribution < -0.4 is 15.5 Å². The number of nitrogens with zero attached hydrogens (tertiary/aromatic N) is 6. The van der Waals surface area contributed by atoms with Gasteiger partial charge in [0.05, 0.1) is 5.39 Å². The summed E-state index contributed by atoms with van der Waals surface area (Å²) in [4.78, 5) is 32.8. The van der Waals surface area contributed by atoms with Crippen molar-refractivity contribution in [2.45, 2.75) is 58.2 Å². The molecule has 3 heterocycles. The molecule has 224 valence electrons. The molecule has 1 aromatic carbocycles. The van der Waals surface area contributed by atoms with Gasteiger partial charge in [-0.1, -0.05) is 47.5 Å². The lowest BCUT2D eigenvalue weighted by atomic mass is 10.2. The van der Waals surface area contributed by atoms with Crippen LogP contribution in [0.2, 0.25) is 16.6 Å². The number of urea groups is 1. The molecule has 2 amide bonds. The second kappa shape index (κ2) is 13.1. The van der Waals surface area contributed by atoms with Crippen LogP contribution in [0.4, 0.5) is 27.9 Å². The molecule has 0 radical (unpaired) electrons. The normalized spacial score (nSPS) is 14.3. The number of carbonyl (C=O) groups is 1. The van der Waals surface area contributed by atoms with Gasteiger partial charge >= 0.3 is 6.03 Å². The predicted molar refractivity (Wildman–Crippen MR) is 177 cm³/mol. The lowest BCUT2D eigenvalue weighted by molar-refractivity contribution is 0.230. The molecule has 0 spiro atoms. The van der Waals surface area contributed by atoms with E-state index in [2.05, 4.69) is 103 Å². The van der Waals surface area contributed by atoms with Gasteiger partial charge in [-0.05, 0) is 54.0 Å². The van der Waals surface area contributed by atoms with Crippen LogP contribution >= 0.6 is 0 Å². The van der Waals surface area contributed by atoms with Crippen molar-refractivity contribution in [3.63, 3.8) is 0 Å². The number of hydrogen-bond acceptors (Lipinski definition) is 7. The summed E-state index contributed by atoms with van der Waals surface area (Å²) < 4.78 is 0. The topological polar surface area (TPSA) is 89.5 Å². The maximum atomic E-state index is 12.5. The van der Waals surface area contributed by atoms with Gasteiger partial charge in [0, 0.05) is 63.4 Å². The highest BCUT2D eigenvalue weighted by Crippen LogP contribution is 2.41. The van der Waals surface area contributed by atoms with E-state index in [9.17, 15) is 4.79 Å². The predicted octanol–water partition coefficient (Wildman–Crippen LogP) is 6.18. The SMILES string of the molecule is CC(C)[Si](C#Cc1cc(NC(=O)N(C)C)nc2nc(Nc3ccc(N4CCN(C)CC4)cc3)ncc12)(C(C)C)C(C)C. The van der Waals surface area contributed by atoms with Crippen molar-refractivity contribution in [1.82, 2.24) is 24.8 Å². The molecule has 0 bridgehead atoms. The molecular weight excluding hydrogens is 540 g/mol. The summed E-state index contributed by atoms with van der Waals surface area (Å²) in [6.07, 6.45) is 1.78. The zero-order valence-corrected chi connectivity index (χ0v) is 27.6. The lowest BCUT2D eigenvalue weighted by Crippen LogP contribution is -2.44. The Kier molecular flexibility index (Phi) is 9.74. The molecule has 42 heavy (non-hydrogen) atoms. The molecule has 0 atom stereocenters. The Balaban J connectivity index is 1.69. The van der Waals surface area contributed by atoms with Gasteiger partial charge in [0.2, 0.25) is 5.95 Å². The number of rotatable bonds is 7. The van der Waals surface area contributed by atoms with E-state index in [1.807, 2.05) is 18.2 Å². The van der Waals surface area contributed by atoms with Gasteiger partial charge in [-0.25, -0.2) is 14.8 Å².